The Morgan fingerprint density at radius 3 is 2.63 bits per heavy atom. The number of carbonyl (C=O) groups is 1. The molecule has 0 spiro atoms. The van der Waals surface area contributed by atoms with Crippen molar-refractivity contribution in [1.82, 2.24) is 19.3 Å². The fourth-order valence-electron chi connectivity index (χ4n) is 3.20. The molecule has 0 aliphatic heterocycles. The van der Waals surface area contributed by atoms with Gasteiger partial charge in [0.1, 0.15) is 5.82 Å². The molecular weight excluding hydrogens is 406 g/mol. The van der Waals surface area contributed by atoms with Crippen LogP contribution in [0.1, 0.15) is 22.8 Å². The second kappa shape index (κ2) is 8.00. The minimum absolute atomic E-state index is 0.268. The molecule has 9 heteroatoms. The maximum Gasteiger partial charge on any atom is 0.328 e. The molecule has 0 aliphatic carbocycles. The number of nitrogens with one attached hydrogen (secondary N) is 2. The molecule has 152 valence electrons. The molecule has 2 N–H and O–H groups in total. The van der Waals surface area contributed by atoms with E-state index in [0.29, 0.717) is 33.9 Å². The number of halogens is 1. The molecule has 2 heterocycles. The number of anilines is 1. The fourth-order valence-corrected chi connectivity index (χ4v) is 3.32. The fraction of sp³-hybridized carbons (Fsp3) is 0.143. The molecule has 30 heavy (non-hydrogen) atoms. The Balaban J connectivity index is 1.60. The lowest BCUT2D eigenvalue weighted by Gasteiger charge is -2.10. The van der Waals surface area contributed by atoms with Crippen molar-refractivity contribution in [1.29, 1.82) is 0 Å². The minimum atomic E-state index is -0.506. The Labute approximate surface area is 175 Å². The van der Waals surface area contributed by atoms with Gasteiger partial charge in [-0.25, -0.2) is 9.48 Å². The molecule has 0 fully saturated rings. The van der Waals surface area contributed by atoms with E-state index in [1.54, 1.807) is 48.1 Å². The quantitative estimate of drug-likeness (QED) is 0.515. The number of benzene rings is 2. The molecule has 0 unspecified atom stereocenters. The third-order valence-electron chi connectivity index (χ3n) is 4.76. The predicted octanol–water partition coefficient (Wildman–Crippen LogP) is 2.86. The maximum atomic E-state index is 12.8. The Bertz CT molecular complexity index is 1350. The zero-order valence-electron chi connectivity index (χ0n) is 16.1. The van der Waals surface area contributed by atoms with E-state index >= 15 is 0 Å². The van der Waals surface area contributed by atoms with Crippen molar-refractivity contribution in [2.24, 2.45) is 0 Å². The van der Waals surface area contributed by atoms with Crippen LogP contribution in [0.5, 0.6) is 0 Å². The molecule has 0 saturated carbocycles. The SMILES string of the molecule is CCn1c(=O)[nH]c2cc(C(=O)Nc3ccnn3Cc3ccc(Cl)cc3)ccc2c1=O. The van der Waals surface area contributed by atoms with Crippen molar-refractivity contribution in [3.63, 3.8) is 0 Å². The molecule has 0 saturated heterocycles. The highest BCUT2D eigenvalue weighted by atomic mass is 35.5. The normalized spacial score (nSPS) is 11.0. The minimum Gasteiger partial charge on any atom is -0.307 e. The lowest BCUT2D eigenvalue weighted by Crippen LogP contribution is -2.34. The summed E-state index contributed by atoms with van der Waals surface area (Å²) in [7, 11) is 0. The highest BCUT2D eigenvalue weighted by Gasteiger charge is 2.13. The summed E-state index contributed by atoms with van der Waals surface area (Å²) in [5, 5.41) is 8.06. The van der Waals surface area contributed by atoms with Crippen LogP contribution in [0.15, 0.2) is 64.3 Å². The van der Waals surface area contributed by atoms with Crippen LogP contribution in [0.3, 0.4) is 0 Å². The van der Waals surface area contributed by atoms with Gasteiger partial charge in [-0.3, -0.25) is 14.2 Å². The first-order valence-electron chi connectivity index (χ1n) is 9.30. The smallest absolute Gasteiger partial charge is 0.307 e. The summed E-state index contributed by atoms with van der Waals surface area (Å²) in [6.45, 7) is 2.45. The number of carbonyl (C=O) groups excluding carboxylic acids is 1. The van der Waals surface area contributed by atoms with Gasteiger partial charge in [0, 0.05) is 23.2 Å². The van der Waals surface area contributed by atoms with Crippen molar-refractivity contribution in [2.45, 2.75) is 20.0 Å². The second-order valence-corrected chi connectivity index (χ2v) is 7.13. The van der Waals surface area contributed by atoms with E-state index in [2.05, 4.69) is 15.4 Å². The van der Waals surface area contributed by atoms with Gasteiger partial charge in [-0.15, -0.1) is 0 Å². The summed E-state index contributed by atoms with van der Waals surface area (Å²) >= 11 is 5.92. The van der Waals surface area contributed by atoms with Gasteiger partial charge in [-0.1, -0.05) is 23.7 Å². The number of rotatable bonds is 5. The van der Waals surface area contributed by atoms with Gasteiger partial charge >= 0.3 is 5.69 Å². The molecule has 0 radical (unpaired) electrons. The Morgan fingerprint density at radius 1 is 1.13 bits per heavy atom. The zero-order chi connectivity index (χ0) is 21.3. The predicted molar refractivity (Wildman–Crippen MR) is 115 cm³/mol. The van der Waals surface area contributed by atoms with Gasteiger partial charge in [0.25, 0.3) is 11.5 Å². The van der Waals surface area contributed by atoms with E-state index in [0.717, 1.165) is 10.1 Å². The molecular formula is C21H18ClN5O3. The molecule has 2 aromatic carbocycles. The number of amides is 1. The number of hydrogen-bond acceptors (Lipinski definition) is 4. The second-order valence-electron chi connectivity index (χ2n) is 6.69. The summed E-state index contributed by atoms with van der Waals surface area (Å²) < 4.78 is 2.77. The molecule has 4 rings (SSSR count). The van der Waals surface area contributed by atoms with Gasteiger partial charge in [-0.2, -0.15) is 5.10 Å². The topological polar surface area (TPSA) is 102 Å². The van der Waals surface area contributed by atoms with Gasteiger partial charge in [0.15, 0.2) is 0 Å². The van der Waals surface area contributed by atoms with Gasteiger partial charge in [0.2, 0.25) is 0 Å². The van der Waals surface area contributed by atoms with Crippen LogP contribution in [-0.2, 0) is 13.1 Å². The average molecular weight is 424 g/mol. The summed E-state index contributed by atoms with van der Waals surface area (Å²) in [6.07, 6.45) is 1.59. The zero-order valence-corrected chi connectivity index (χ0v) is 16.8. The standard InChI is InChI=1S/C21H18ClN5O3/c1-2-26-20(29)16-8-5-14(11-17(16)24-21(26)30)19(28)25-18-9-10-23-27(18)12-13-3-6-15(22)7-4-13/h3-11H,2,12H2,1H3,(H,24,30)(H,25,28). The van der Waals surface area contributed by atoms with Crippen molar-refractivity contribution in [3.8, 4) is 0 Å². The third-order valence-corrected chi connectivity index (χ3v) is 5.02. The lowest BCUT2D eigenvalue weighted by molar-refractivity contribution is 0.102. The summed E-state index contributed by atoms with van der Waals surface area (Å²) in [6, 6.07) is 13.6. The number of aromatic amines is 1. The highest BCUT2D eigenvalue weighted by molar-refractivity contribution is 6.30. The number of H-pyrrole nitrogens is 1. The number of fused-ring (bicyclic) bond motifs is 1. The first-order valence-corrected chi connectivity index (χ1v) is 9.68. The molecule has 0 bridgehead atoms. The third kappa shape index (κ3) is 3.77. The first kappa shape index (κ1) is 19.7. The highest BCUT2D eigenvalue weighted by Crippen LogP contribution is 2.15. The largest absolute Gasteiger partial charge is 0.328 e. The van der Waals surface area contributed by atoms with E-state index in [9.17, 15) is 14.4 Å². The number of aromatic nitrogens is 4. The Hall–Kier alpha value is -3.65. The van der Waals surface area contributed by atoms with Crippen LogP contribution < -0.4 is 16.6 Å². The number of nitrogens with zero attached hydrogens (tertiary/aromatic N) is 3. The molecule has 4 aromatic rings. The number of hydrogen-bond donors (Lipinski definition) is 2. The van der Waals surface area contributed by atoms with Crippen LogP contribution in [-0.4, -0.2) is 25.2 Å². The molecule has 2 aromatic heterocycles. The monoisotopic (exact) mass is 423 g/mol. The molecule has 0 aliphatic rings. The van der Waals surface area contributed by atoms with Crippen LogP contribution >= 0.6 is 11.6 Å². The Kier molecular flexibility index (Phi) is 5.24. The summed E-state index contributed by atoms with van der Waals surface area (Å²) in [5.74, 6) is 0.139. The van der Waals surface area contributed by atoms with Crippen LogP contribution in [0.25, 0.3) is 10.9 Å². The molecule has 8 nitrogen and oxygen atoms in total. The van der Waals surface area contributed by atoms with Gasteiger partial charge in [0.05, 0.1) is 23.6 Å². The van der Waals surface area contributed by atoms with E-state index in [-0.39, 0.29) is 18.0 Å². The van der Waals surface area contributed by atoms with E-state index < -0.39 is 5.69 Å². The van der Waals surface area contributed by atoms with Gasteiger partial charge in [-0.05, 0) is 42.8 Å². The van der Waals surface area contributed by atoms with Crippen molar-refractivity contribution < 1.29 is 4.79 Å². The van der Waals surface area contributed by atoms with Crippen LogP contribution in [0.2, 0.25) is 5.02 Å². The maximum absolute atomic E-state index is 12.8. The van der Waals surface area contributed by atoms with E-state index in [1.165, 1.54) is 6.07 Å². The van der Waals surface area contributed by atoms with Crippen molar-refractivity contribution in [3.05, 3.63) is 91.7 Å². The summed E-state index contributed by atoms with van der Waals surface area (Å²) in [4.78, 5) is 39.8. The van der Waals surface area contributed by atoms with E-state index in [4.69, 9.17) is 11.6 Å². The van der Waals surface area contributed by atoms with Gasteiger partial charge < -0.3 is 10.3 Å². The molecule has 0 atom stereocenters. The van der Waals surface area contributed by atoms with Crippen molar-refractivity contribution >= 4 is 34.2 Å². The average Bonchev–Trinajstić information content (AvgIpc) is 3.16. The van der Waals surface area contributed by atoms with Crippen LogP contribution in [0.4, 0.5) is 5.82 Å². The first-order chi connectivity index (χ1) is 14.5. The van der Waals surface area contributed by atoms with Crippen LogP contribution in [0, 0.1) is 0 Å². The Morgan fingerprint density at radius 2 is 1.90 bits per heavy atom. The molecule has 1 amide bonds. The lowest BCUT2D eigenvalue weighted by atomic mass is 10.1. The summed E-state index contributed by atoms with van der Waals surface area (Å²) in [5.41, 5.74) is 0.718. The van der Waals surface area contributed by atoms with Crippen molar-refractivity contribution in [2.75, 3.05) is 5.32 Å². The van der Waals surface area contributed by atoms with E-state index in [1.807, 2.05) is 12.1 Å².